The van der Waals surface area contributed by atoms with Gasteiger partial charge in [-0.25, -0.2) is 0 Å². The highest BCUT2D eigenvalue weighted by Crippen LogP contribution is 2.39. The van der Waals surface area contributed by atoms with Crippen molar-refractivity contribution in [2.24, 2.45) is 34.0 Å². The fourth-order valence-electron chi connectivity index (χ4n) is 2.85. The Morgan fingerprint density at radius 2 is 0.682 bits per heavy atom. The van der Waals surface area contributed by atoms with Crippen molar-refractivity contribution in [3.8, 4) is 0 Å². The van der Waals surface area contributed by atoms with Crippen LogP contribution >= 0.6 is 0 Å². The maximum absolute atomic E-state index is 2.45. The second kappa shape index (κ2) is 7.76. The van der Waals surface area contributed by atoms with Crippen molar-refractivity contribution in [3.05, 3.63) is 0 Å². The molecule has 0 aliphatic rings. The molecule has 0 saturated heterocycles. The Morgan fingerprint density at radius 3 is 0.818 bits per heavy atom. The quantitative estimate of drug-likeness (QED) is 0.445. The smallest absolute Gasteiger partial charge is 0.0710 e. The molecule has 0 saturated carbocycles. The molecule has 0 aromatic heterocycles. The van der Waals surface area contributed by atoms with Gasteiger partial charge in [0.2, 0.25) is 0 Å². The zero-order chi connectivity index (χ0) is 17.9. The Labute approximate surface area is 143 Å². The molecule has 0 amide bonds. The molecule has 0 aliphatic heterocycles. The van der Waals surface area contributed by atoms with Crippen LogP contribution in [0.15, 0.2) is 0 Å². The molecule has 0 nitrogen and oxygen atoms in total. The van der Waals surface area contributed by atoms with Gasteiger partial charge in [-0.15, -0.1) is 0 Å². The molecule has 0 N–H and O–H groups in total. The fraction of sp³-hybridized carbons (Fsp3) is 1.00. The van der Waals surface area contributed by atoms with Gasteiger partial charge in [0.1, 0.15) is 6.71 Å². The highest BCUT2D eigenvalue weighted by atomic mass is 14.3. The molecule has 0 rings (SSSR count). The average molecular weight is 308 g/mol. The molecule has 0 fully saturated rings. The summed E-state index contributed by atoms with van der Waals surface area (Å²) in [5, 5.41) is 0. The third-order valence-corrected chi connectivity index (χ3v) is 6.50. The number of hydrogen-bond donors (Lipinski definition) is 0. The van der Waals surface area contributed by atoms with Crippen LogP contribution in [-0.4, -0.2) is 6.71 Å². The predicted molar refractivity (Wildman–Crippen MR) is 106 cm³/mol. The Balaban J connectivity index is 5.00. The van der Waals surface area contributed by atoms with Crippen LogP contribution in [0.1, 0.15) is 83.1 Å². The van der Waals surface area contributed by atoms with E-state index in [1.54, 1.807) is 0 Å². The van der Waals surface area contributed by atoms with Gasteiger partial charge >= 0.3 is 0 Å². The minimum Gasteiger partial charge on any atom is -0.0710 e. The minimum absolute atomic E-state index is 0.425. The van der Waals surface area contributed by atoms with Gasteiger partial charge in [-0.05, 0) is 34.0 Å². The van der Waals surface area contributed by atoms with Crippen LogP contribution in [0, 0.1) is 34.0 Å². The first kappa shape index (κ1) is 22.1. The lowest BCUT2D eigenvalue weighted by Crippen LogP contribution is -2.32. The van der Waals surface area contributed by atoms with E-state index in [0.29, 0.717) is 16.2 Å². The molecule has 1 heteroatoms. The van der Waals surface area contributed by atoms with E-state index in [1.165, 1.54) is 19.0 Å². The molecular weight excluding hydrogens is 263 g/mol. The van der Waals surface area contributed by atoms with E-state index < -0.39 is 0 Å². The number of hydrogen-bond acceptors (Lipinski definition) is 0. The third kappa shape index (κ3) is 8.07. The van der Waals surface area contributed by atoms with Crippen LogP contribution in [-0.2, 0) is 0 Å². The first-order valence-corrected chi connectivity index (χ1v) is 9.55. The standard InChI is InChI=1S/C21H45B/c1-16(19(4,5)6)13-22(14-17(2)20(7,8)9)15-18(3)21(10,11)12/h16-18H,13-15H2,1-12H3/t16-,17-,18-/m1/s1. The molecule has 0 radical (unpaired) electrons. The van der Waals surface area contributed by atoms with Crippen molar-refractivity contribution in [1.29, 1.82) is 0 Å². The minimum atomic E-state index is 0.425. The Morgan fingerprint density at radius 1 is 0.500 bits per heavy atom. The predicted octanol–water partition coefficient (Wildman–Crippen LogP) is 7.53. The van der Waals surface area contributed by atoms with Gasteiger partial charge in [-0.2, -0.15) is 0 Å². The van der Waals surface area contributed by atoms with Crippen molar-refractivity contribution in [2.75, 3.05) is 0 Å². The molecule has 0 unspecified atom stereocenters. The van der Waals surface area contributed by atoms with E-state index in [-0.39, 0.29) is 0 Å². The van der Waals surface area contributed by atoms with Gasteiger partial charge < -0.3 is 0 Å². The van der Waals surface area contributed by atoms with Gasteiger partial charge in [0.25, 0.3) is 0 Å². The molecule has 0 spiro atoms. The summed E-state index contributed by atoms with van der Waals surface area (Å²) in [6, 6.07) is 0. The van der Waals surface area contributed by atoms with Crippen LogP contribution in [0.3, 0.4) is 0 Å². The van der Waals surface area contributed by atoms with Crippen LogP contribution in [0.2, 0.25) is 19.0 Å². The Kier molecular flexibility index (Phi) is 7.78. The van der Waals surface area contributed by atoms with Crippen molar-refractivity contribution in [1.82, 2.24) is 0 Å². The van der Waals surface area contributed by atoms with E-state index in [4.69, 9.17) is 0 Å². The monoisotopic (exact) mass is 308 g/mol. The van der Waals surface area contributed by atoms with Crippen LogP contribution < -0.4 is 0 Å². The first-order valence-electron chi connectivity index (χ1n) is 9.55. The van der Waals surface area contributed by atoms with Gasteiger partial charge in [0, 0.05) is 0 Å². The average Bonchev–Trinajstić information content (AvgIpc) is 2.24. The molecule has 0 heterocycles. The second-order valence-electron chi connectivity index (χ2n) is 11.4. The van der Waals surface area contributed by atoms with Crippen molar-refractivity contribution in [2.45, 2.75) is 102 Å². The van der Waals surface area contributed by atoms with E-state index in [1.807, 2.05) is 0 Å². The van der Waals surface area contributed by atoms with Crippen molar-refractivity contribution < 1.29 is 0 Å². The SMILES string of the molecule is C[C@H](CB(C[C@@H](C)C(C)(C)C)C[C@@H](C)C(C)(C)C)C(C)(C)C. The molecule has 0 aromatic carbocycles. The van der Waals surface area contributed by atoms with E-state index in [2.05, 4.69) is 83.1 Å². The lowest BCUT2D eigenvalue weighted by Gasteiger charge is -2.36. The van der Waals surface area contributed by atoms with E-state index in [9.17, 15) is 0 Å². The summed E-state index contributed by atoms with van der Waals surface area (Å²) in [6.07, 6.45) is 4.14. The zero-order valence-electron chi connectivity index (χ0n) is 17.9. The van der Waals surface area contributed by atoms with Crippen LogP contribution in [0.5, 0.6) is 0 Å². The van der Waals surface area contributed by atoms with E-state index in [0.717, 1.165) is 24.5 Å². The molecule has 132 valence electrons. The third-order valence-electron chi connectivity index (χ3n) is 6.50. The summed E-state index contributed by atoms with van der Waals surface area (Å²) in [5.74, 6) is 2.37. The van der Waals surface area contributed by atoms with Gasteiger partial charge in [0.15, 0.2) is 0 Å². The molecule has 3 atom stereocenters. The maximum atomic E-state index is 2.45. The summed E-state index contributed by atoms with van der Waals surface area (Å²) in [4.78, 5) is 0. The van der Waals surface area contributed by atoms with Crippen LogP contribution in [0.25, 0.3) is 0 Å². The Bertz CT molecular complexity index is 258. The van der Waals surface area contributed by atoms with Gasteiger partial charge in [-0.1, -0.05) is 102 Å². The molecule has 0 bridgehead atoms. The van der Waals surface area contributed by atoms with Crippen LogP contribution in [0.4, 0.5) is 0 Å². The molecule has 0 aromatic rings. The highest BCUT2D eigenvalue weighted by Gasteiger charge is 2.32. The molecule has 22 heavy (non-hydrogen) atoms. The summed E-state index contributed by atoms with van der Waals surface area (Å²) in [7, 11) is 0. The lowest BCUT2D eigenvalue weighted by atomic mass is 9.35. The van der Waals surface area contributed by atoms with Crippen molar-refractivity contribution >= 4 is 6.71 Å². The highest BCUT2D eigenvalue weighted by molar-refractivity contribution is 6.59. The maximum Gasteiger partial charge on any atom is 0.140 e. The molecular formula is C21H45B. The summed E-state index contributed by atoms with van der Waals surface area (Å²) >= 11 is 0. The Hall–Kier alpha value is 0.0649. The lowest BCUT2D eigenvalue weighted by molar-refractivity contribution is 0.262. The zero-order valence-corrected chi connectivity index (χ0v) is 17.9. The largest absolute Gasteiger partial charge is 0.140 e. The van der Waals surface area contributed by atoms with Crippen molar-refractivity contribution in [3.63, 3.8) is 0 Å². The summed E-state index contributed by atoms with van der Waals surface area (Å²) in [5.41, 5.74) is 1.27. The first-order chi connectivity index (χ1) is 9.55. The topological polar surface area (TPSA) is 0 Å². The normalized spacial score (nSPS) is 18.0. The van der Waals surface area contributed by atoms with E-state index >= 15 is 0 Å². The number of rotatable bonds is 6. The summed E-state index contributed by atoms with van der Waals surface area (Å²) < 4.78 is 0. The van der Waals surface area contributed by atoms with Gasteiger partial charge in [-0.3, -0.25) is 0 Å². The fourth-order valence-corrected chi connectivity index (χ4v) is 2.85. The van der Waals surface area contributed by atoms with Gasteiger partial charge in [0.05, 0.1) is 0 Å². The summed E-state index contributed by atoms with van der Waals surface area (Å²) in [6.45, 7) is 29.8. The molecule has 0 aliphatic carbocycles. The second-order valence-corrected chi connectivity index (χ2v) is 11.4.